The summed E-state index contributed by atoms with van der Waals surface area (Å²) < 4.78 is 0. The molecule has 2 aromatic rings. The third-order valence-corrected chi connectivity index (χ3v) is 3.65. The van der Waals surface area contributed by atoms with Gasteiger partial charge in [0.25, 0.3) is 0 Å². The maximum atomic E-state index is 11.7. The summed E-state index contributed by atoms with van der Waals surface area (Å²) in [6, 6.07) is 8.20. The summed E-state index contributed by atoms with van der Waals surface area (Å²) in [6.07, 6.45) is 5.07. The van der Waals surface area contributed by atoms with Crippen molar-refractivity contribution in [3.63, 3.8) is 0 Å². The molecular formula is C15H17N3O. The van der Waals surface area contributed by atoms with Crippen LogP contribution in [0.15, 0.2) is 36.7 Å². The van der Waals surface area contributed by atoms with Crippen LogP contribution in [0.2, 0.25) is 0 Å². The van der Waals surface area contributed by atoms with Gasteiger partial charge in [-0.15, -0.1) is 0 Å². The van der Waals surface area contributed by atoms with Crippen LogP contribution in [0.3, 0.4) is 0 Å². The van der Waals surface area contributed by atoms with E-state index in [-0.39, 0.29) is 11.9 Å². The molecule has 1 aromatic heterocycles. The van der Waals surface area contributed by atoms with Crippen molar-refractivity contribution >= 4 is 16.7 Å². The molecule has 1 unspecified atom stereocenters. The molecule has 2 heterocycles. The van der Waals surface area contributed by atoms with Gasteiger partial charge in [0.2, 0.25) is 5.91 Å². The van der Waals surface area contributed by atoms with Gasteiger partial charge in [0.05, 0.1) is 0 Å². The number of carbonyl (C=O) groups excluding carboxylic acids is 1. The highest BCUT2D eigenvalue weighted by Crippen LogP contribution is 2.18. The van der Waals surface area contributed by atoms with Gasteiger partial charge in [0.1, 0.15) is 0 Å². The molecule has 1 atom stereocenters. The highest BCUT2D eigenvalue weighted by atomic mass is 16.2. The van der Waals surface area contributed by atoms with E-state index in [1.165, 1.54) is 10.9 Å². The summed E-state index contributed by atoms with van der Waals surface area (Å²) in [5, 5.41) is 2.36. The molecule has 98 valence electrons. The minimum atomic E-state index is -0.00172. The minimum Gasteiger partial charge on any atom is -0.341 e. The molecule has 4 heteroatoms. The smallest absolute Gasteiger partial charge is 0.224 e. The summed E-state index contributed by atoms with van der Waals surface area (Å²) in [5.74, 6) is 0.167. The molecule has 0 saturated carbocycles. The number of pyridine rings is 1. The van der Waals surface area contributed by atoms with E-state index in [1.807, 2.05) is 29.4 Å². The summed E-state index contributed by atoms with van der Waals surface area (Å²) in [5.41, 5.74) is 6.99. The van der Waals surface area contributed by atoms with Crippen LogP contribution in [-0.4, -0.2) is 34.9 Å². The molecule has 0 aliphatic carbocycles. The van der Waals surface area contributed by atoms with E-state index in [0.29, 0.717) is 13.0 Å². The number of hydrogen-bond acceptors (Lipinski definition) is 3. The maximum Gasteiger partial charge on any atom is 0.224 e. The molecule has 3 rings (SSSR count). The molecule has 1 aliphatic heterocycles. The van der Waals surface area contributed by atoms with Crippen LogP contribution in [0.5, 0.6) is 0 Å². The number of carbonyl (C=O) groups is 1. The van der Waals surface area contributed by atoms with E-state index in [9.17, 15) is 4.79 Å². The van der Waals surface area contributed by atoms with Gasteiger partial charge in [-0.2, -0.15) is 0 Å². The number of likely N-dealkylation sites (tertiary alicyclic amines) is 1. The van der Waals surface area contributed by atoms with Crippen molar-refractivity contribution < 1.29 is 4.79 Å². The van der Waals surface area contributed by atoms with Gasteiger partial charge in [-0.05, 0) is 17.4 Å². The lowest BCUT2D eigenvalue weighted by Crippen LogP contribution is -2.30. The molecule has 19 heavy (non-hydrogen) atoms. The minimum absolute atomic E-state index is 0.00172. The number of fused-ring (bicyclic) bond motifs is 1. The van der Waals surface area contributed by atoms with Crippen molar-refractivity contribution in [1.82, 2.24) is 9.88 Å². The molecule has 1 aliphatic rings. The van der Waals surface area contributed by atoms with Crippen LogP contribution in [0.4, 0.5) is 0 Å². The quantitative estimate of drug-likeness (QED) is 0.900. The molecule has 1 fully saturated rings. The molecule has 4 nitrogen and oxygen atoms in total. The predicted octanol–water partition coefficient (Wildman–Crippen LogP) is 1.34. The average molecular weight is 255 g/mol. The summed E-state index contributed by atoms with van der Waals surface area (Å²) in [4.78, 5) is 17.8. The Morgan fingerprint density at radius 3 is 2.95 bits per heavy atom. The highest BCUT2D eigenvalue weighted by Gasteiger charge is 2.26. The molecular weight excluding hydrogens is 238 g/mol. The van der Waals surface area contributed by atoms with Crippen LogP contribution in [0.1, 0.15) is 12.0 Å². The van der Waals surface area contributed by atoms with Crippen molar-refractivity contribution in [1.29, 1.82) is 0 Å². The second kappa shape index (κ2) is 4.97. The molecule has 2 N–H and O–H groups in total. The monoisotopic (exact) mass is 255 g/mol. The van der Waals surface area contributed by atoms with Gasteiger partial charge >= 0.3 is 0 Å². The van der Waals surface area contributed by atoms with Crippen molar-refractivity contribution in [3.8, 4) is 0 Å². The van der Waals surface area contributed by atoms with E-state index >= 15 is 0 Å². The maximum absolute atomic E-state index is 11.7. The van der Waals surface area contributed by atoms with Crippen molar-refractivity contribution in [3.05, 3.63) is 42.2 Å². The number of nitrogens with zero attached hydrogens (tertiary/aromatic N) is 2. The van der Waals surface area contributed by atoms with Crippen LogP contribution >= 0.6 is 0 Å². The first-order valence-electron chi connectivity index (χ1n) is 6.59. The van der Waals surface area contributed by atoms with Gasteiger partial charge in [-0.3, -0.25) is 9.78 Å². The predicted molar refractivity (Wildman–Crippen MR) is 74.6 cm³/mol. The topological polar surface area (TPSA) is 59.2 Å². The van der Waals surface area contributed by atoms with Crippen molar-refractivity contribution in [2.24, 2.45) is 5.73 Å². The van der Waals surface area contributed by atoms with E-state index in [4.69, 9.17) is 5.73 Å². The van der Waals surface area contributed by atoms with Gasteiger partial charge in [-0.25, -0.2) is 0 Å². The number of amides is 1. The second-order valence-corrected chi connectivity index (χ2v) is 5.07. The molecule has 1 saturated heterocycles. The van der Waals surface area contributed by atoms with E-state index < -0.39 is 0 Å². The summed E-state index contributed by atoms with van der Waals surface area (Å²) in [7, 11) is 0. The number of rotatable bonds is 3. The Hall–Kier alpha value is -1.94. The van der Waals surface area contributed by atoms with Gasteiger partial charge in [-0.1, -0.05) is 24.3 Å². The third kappa shape index (κ3) is 2.44. The lowest BCUT2D eigenvalue weighted by Gasteiger charge is -2.16. The Kier molecular flexibility index (Phi) is 3.17. The first kappa shape index (κ1) is 12.1. The normalized spacial score (nSPS) is 19.3. The fourth-order valence-corrected chi connectivity index (χ4v) is 2.65. The molecule has 0 spiro atoms. The van der Waals surface area contributed by atoms with Crippen molar-refractivity contribution in [2.45, 2.75) is 18.9 Å². The Balaban J connectivity index is 1.77. The van der Waals surface area contributed by atoms with E-state index in [1.54, 1.807) is 0 Å². The average Bonchev–Trinajstić information content (AvgIpc) is 2.74. The van der Waals surface area contributed by atoms with Gasteiger partial charge in [0, 0.05) is 43.3 Å². The highest BCUT2D eigenvalue weighted by molar-refractivity contribution is 5.84. The number of benzene rings is 1. The van der Waals surface area contributed by atoms with E-state index in [2.05, 4.69) is 17.1 Å². The van der Waals surface area contributed by atoms with Gasteiger partial charge in [0.15, 0.2) is 0 Å². The number of aromatic nitrogens is 1. The molecule has 0 bridgehead atoms. The fraction of sp³-hybridized carbons (Fsp3) is 0.333. The van der Waals surface area contributed by atoms with E-state index in [0.717, 1.165) is 18.4 Å². The summed E-state index contributed by atoms with van der Waals surface area (Å²) >= 11 is 0. The second-order valence-electron chi connectivity index (χ2n) is 5.07. The molecule has 1 amide bonds. The largest absolute Gasteiger partial charge is 0.341 e. The zero-order valence-electron chi connectivity index (χ0n) is 10.7. The Morgan fingerprint density at radius 1 is 1.32 bits per heavy atom. The van der Waals surface area contributed by atoms with Gasteiger partial charge < -0.3 is 10.6 Å². The van der Waals surface area contributed by atoms with Crippen LogP contribution in [0, 0.1) is 0 Å². The Bertz CT molecular complexity index is 606. The number of nitrogens with two attached hydrogens (primary N) is 1. The first-order valence-corrected chi connectivity index (χ1v) is 6.59. The first-order chi connectivity index (χ1) is 9.24. The SMILES string of the molecule is NC1CC(=O)N(CCc2cncc3ccccc23)C1. The van der Waals surface area contributed by atoms with Crippen LogP contribution in [-0.2, 0) is 11.2 Å². The standard InChI is InChI=1S/C15H17N3O/c16-13-7-15(19)18(10-13)6-5-12-9-17-8-11-3-1-2-4-14(11)12/h1-4,8-9,13H,5-7,10,16H2. The zero-order valence-corrected chi connectivity index (χ0v) is 10.7. The third-order valence-electron chi connectivity index (χ3n) is 3.65. The fourth-order valence-electron chi connectivity index (χ4n) is 2.65. The van der Waals surface area contributed by atoms with Crippen LogP contribution < -0.4 is 5.73 Å². The lowest BCUT2D eigenvalue weighted by atomic mass is 10.1. The zero-order chi connectivity index (χ0) is 13.2. The summed E-state index contributed by atoms with van der Waals surface area (Å²) in [6.45, 7) is 1.40. The molecule has 1 aromatic carbocycles. The number of hydrogen-bond donors (Lipinski definition) is 1. The van der Waals surface area contributed by atoms with Crippen molar-refractivity contribution in [2.75, 3.05) is 13.1 Å². The molecule has 0 radical (unpaired) electrons. The van der Waals surface area contributed by atoms with Crippen LogP contribution in [0.25, 0.3) is 10.8 Å². The Morgan fingerprint density at radius 2 is 2.16 bits per heavy atom. The Labute approximate surface area is 112 Å². The lowest BCUT2D eigenvalue weighted by molar-refractivity contribution is -0.127.